The summed E-state index contributed by atoms with van der Waals surface area (Å²) in [5.41, 5.74) is 5.43. The van der Waals surface area contributed by atoms with E-state index in [9.17, 15) is 4.79 Å². The second-order valence-electron chi connectivity index (χ2n) is 5.63. The predicted octanol–water partition coefficient (Wildman–Crippen LogP) is 4.08. The molecule has 2 aromatic rings. The van der Waals surface area contributed by atoms with Gasteiger partial charge in [0, 0.05) is 23.7 Å². The molecule has 0 saturated carbocycles. The second kappa shape index (κ2) is 5.20. The van der Waals surface area contributed by atoms with Gasteiger partial charge in [-0.1, -0.05) is 32.0 Å². The summed E-state index contributed by atoms with van der Waals surface area (Å²) in [6, 6.07) is 10.2. The van der Waals surface area contributed by atoms with Gasteiger partial charge in [-0.05, 0) is 42.0 Å². The van der Waals surface area contributed by atoms with Crippen molar-refractivity contribution in [1.29, 1.82) is 0 Å². The van der Waals surface area contributed by atoms with Crippen molar-refractivity contribution in [3.63, 3.8) is 0 Å². The molecule has 2 nitrogen and oxygen atoms in total. The Morgan fingerprint density at radius 3 is 2.75 bits per heavy atom. The Balaban J connectivity index is 2.23. The average Bonchev–Trinajstić information content (AvgIpc) is 2.46. The maximum absolute atomic E-state index is 12.4. The van der Waals surface area contributed by atoms with E-state index in [1.807, 2.05) is 24.4 Å². The molecule has 1 atom stereocenters. The van der Waals surface area contributed by atoms with E-state index in [1.54, 1.807) is 0 Å². The molecule has 0 aliphatic heterocycles. The van der Waals surface area contributed by atoms with Gasteiger partial charge in [0.25, 0.3) is 0 Å². The molecule has 1 aromatic heterocycles. The highest BCUT2D eigenvalue weighted by Gasteiger charge is 2.27. The summed E-state index contributed by atoms with van der Waals surface area (Å²) >= 11 is 0. The molecule has 2 heteroatoms. The van der Waals surface area contributed by atoms with Gasteiger partial charge in [-0.25, -0.2) is 0 Å². The van der Waals surface area contributed by atoms with Crippen molar-refractivity contribution in [3.8, 4) is 11.3 Å². The van der Waals surface area contributed by atoms with Gasteiger partial charge < -0.3 is 0 Å². The molecule has 0 bridgehead atoms. The highest BCUT2D eigenvalue weighted by molar-refractivity contribution is 6.01. The molecule has 102 valence electrons. The summed E-state index contributed by atoms with van der Waals surface area (Å²) in [6.45, 7) is 4.27. The third-order valence-corrected chi connectivity index (χ3v) is 4.09. The van der Waals surface area contributed by atoms with Gasteiger partial charge in [-0.2, -0.15) is 0 Å². The molecule has 0 saturated heterocycles. The molecule has 3 rings (SSSR count). The van der Waals surface area contributed by atoms with Gasteiger partial charge in [0.05, 0.1) is 5.69 Å². The van der Waals surface area contributed by atoms with Crippen molar-refractivity contribution in [2.75, 3.05) is 0 Å². The summed E-state index contributed by atoms with van der Waals surface area (Å²) in [7, 11) is 0. The Morgan fingerprint density at radius 2 is 2.05 bits per heavy atom. The van der Waals surface area contributed by atoms with Crippen LogP contribution in [-0.4, -0.2) is 10.8 Å². The van der Waals surface area contributed by atoms with Gasteiger partial charge in [-0.15, -0.1) is 0 Å². The Morgan fingerprint density at radius 1 is 1.20 bits per heavy atom. The number of nitrogens with zero attached hydrogens (tertiary/aromatic N) is 1. The first kappa shape index (κ1) is 13.0. The van der Waals surface area contributed by atoms with E-state index in [0.29, 0.717) is 18.1 Å². The first-order chi connectivity index (χ1) is 9.70. The minimum atomic E-state index is 0.299. The lowest BCUT2D eigenvalue weighted by Crippen LogP contribution is -2.20. The molecule has 0 N–H and O–H groups in total. The number of pyridine rings is 1. The molecule has 0 fully saturated rings. The number of carbonyl (C=O) groups is 1. The normalized spacial score (nSPS) is 17.9. The van der Waals surface area contributed by atoms with E-state index in [4.69, 9.17) is 0 Å². The van der Waals surface area contributed by atoms with Crippen LogP contribution in [0.25, 0.3) is 11.3 Å². The standard InChI is InChI=1S/C18H19NO/c1-3-13-7-8-14(16-6-4-5-9-19-16)15-10-12(2)11-17(20)18(13)15/h4-9,12H,3,10-11H2,1-2H3. The Kier molecular flexibility index (Phi) is 3.39. The molecule has 0 radical (unpaired) electrons. The lowest BCUT2D eigenvalue weighted by molar-refractivity contribution is 0.0952. The number of carbonyl (C=O) groups excluding carboxylic acids is 1. The van der Waals surface area contributed by atoms with E-state index in [2.05, 4.69) is 31.0 Å². The molecule has 1 unspecified atom stereocenters. The number of aryl methyl sites for hydroxylation is 1. The van der Waals surface area contributed by atoms with Gasteiger partial charge >= 0.3 is 0 Å². The average molecular weight is 265 g/mol. The van der Waals surface area contributed by atoms with E-state index in [-0.39, 0.29) is 0 Å². The second-order valence-corrected chi connectivity index (χ2v) is 5.63. The van der Waals surface area contributed by atoms with Crippen LogP contribution in [0.4, 0.5) is 0 Å². The number of Topliss-reactive ketones (excluding diaryl/α,β-unsaturated/α-hetero) is 1. The van der Waals surface area contributed by atoms with E-state index in [1.165, 1.54) is 11.1 Å². The molecule has 1 aromatic carbocycles. The number of hydrogen-bond acceptors (Lipinski definition) is 2. The minimum Gasteiger partial charge on any atom is -0.294 e. The van der Waals surface area contributed by atoms with Crippen molar-refractivity contribution in [2.24, 2.45) is 5.92 Å². The predicted molar refractivity (Wildman–Crippen MR) is 80.9 cm³/mol. The topological polar surface area (TPSA) is 30.0 Å². The number of ketones is 1. The van der Waals surface area contributed by atoms with Crippen LogP contribution in [-0.2, 0) is 12.8 Å². The zero-order chi connectivity index (χ0) is 14.1. The van der Waals surface area contributed by atoms with Crippen LogP contribution in [0.1, 0.15) is 41.8 Å². The Hall–Kier alpha value is -1.96. The summed E-state index contributed by atoms with van der Waals surface area (Å²) < 4.78 is 0. The van der Waals surface area contributed by atoms with Crippen LogP contribution in [0.5, 0.6) is 0 Å². The van der Waals surface area contributed by atoms with Crippen LogP contribution < -0.4 is 0 Å². The van der Waals surface area contributed by atoms with Crippen molar-refractivity contribution >= 4 is 5.78 Å². The lowest BCUT2D eigenvalue weighted by atomic mass is 9.78. The molecule has 1 aliphatic carbocycles. The van der Waals surface area contributed by atoms with Crippen molar-refractivity contribution < 1.29 is 4.79 Å². The van der Waals surface area contributed by atoms with Crippen LogP contribution in [0.15, 0.2) is 36.5 Å². The molecule has 0 spiro atoms. The summed E-state index contributed by atoms with van der Waals surface area (Å²) in [5.74, 6) is 0.720. The monoisotopic (exact) mass is 265 g/mol. The molecule has 1 aliphatic rings. The molecule has 1 heterocycles. The molecule has 20 heavy (non-hydrogen) atoms. The fourth-order valence-corrected chi connectivity index (χ4v) is 3.15. The molecular weight excluding hydrogens is 246 g/mol. The van der Waals surface area contributed by atoms with E-state index < -0.39 is 0 Å². The van der Waals surface area contributed by atoms with Crippen LogP contribution in [0.3, 0.4) is 0 Å². The summed E-state index contributed by atoms with van der Waals surface area (Å²) in [5, 5.41) is 0. The fraction of sp³-hybridized carbons (Fsp3) is 0.333. The highest BCUT2D eigenvalue weighted by atomic mass is 16.1. The van der Waals surface area contributed by atoms with Gasteiger partial charge in [0.1, 0.15) is 0 Å². The summed E-state index contributed by atoms with van der Waals surface area (Å²) in [4.78, 5) is 16.9. The zero-order valence-electron chi connectivity index (χ0n) is 12.0. The van der Waals surface area contributed by atoms with Gasteiger partial charge in [-0.3, -0.25) is 9.78 Å². The molecule has 0 amide bonds. The Bertz CT molecular complexity index is 646. The van der Waals surface area contributed by atoms with Gasteiger partial charge in [0.2, 0.25) is 0 Å². The highest BCUT2D eigenvalue weighted by Crippen LogP contribution is 2.35. The summed E-state index contributed by atoms with van der Waals surface area (Å²) in [6.07, 6.45) is 4.36. The number of benzene rings is 1. The largest absolute Gasteiger partial charge is 0.294 e. The lowest BCUT2D eigenvalue weighted by Gasteiger charge is -2.25. The van der Waals surface area contributed by atoms with Crippen LogP contribution >= 0.6 is 0 Å². The fourth-order valence-electron chi connectivity index (χ4n) is 3.15. The van der Waals surface area contributed by atoms with E-state index in [0.717, 1.165) is 29.7 Å². The number of aromatic nitrogens is 1. The van der Waals surface area contributed by atoms with Gasteiger partial charge in [0.15, 0.2) is 5.78 Å². The maximum Gasteiger partial charge on any atom is 0.163 e. The minimum absolute atomic E-state index is 0.299. The first-order valence-corrected chi connectivity index (χ1v) is 7.30. The van der Waals surface area contributed by atoms with Crippen molar-refractivity contribution in [3.05, 3.63) is 53.2 Å². The zero-order valence-corrected chi connectivity index (χ0v) is 12.0. The number of fused-ring (bicyclic) bond motifs is 1. The molecular formula is C18H19NO. The van der Waals surface area contributed by atoms with Crippen molar-refractivity contribution in [2.45, 2.75) is 33.1 Å². The van der Waals surface area contributed by atoms with Crippen molar-refractivity contribution in [1.82, 2.24) is 4.98 Å². The maximum atomic E-state index is 12.4. The SMILES string of the molecule is CCc1ccc(-c2ccccn2)c2c1C(=O)CC(C)C2. The van der Waals surface area contributed by atoms with E-state index >= 15 is 0 Å². The van der Waals surface area contributed by atoms with Crippen LogP contribution in [0.2, 0.25) is 0 Å². The number of rotatable bonds is 2. The van der Waals surface area contributed by atoms with Crippen LogP contribution in [0, 0.1) is 5.92 Å². The number of hydrogen-bond donors (Lipinski definition) is 0. The first-order valence-electron chi connectivity index (χ1n) is 7.30. The third-order valence-electron chi connectivity index (χ3n) is 4.09. The third kappa shape index (κ3) is 2.15. The quantitative estimate of drug-likeness (QED) is 0.819. The smallest absolute Gasteiger partial charge is 0.163 e. The Labute approximate surface area is 119 Å².